The molecule has 0 fully saturated rings. The van der Waals surface area contributed by atoms with Crippen LogP contribution in [0.15, 0.2) is 94.8 Å². The van der Waals surface area contributed by atoms with Gasteiger partial charge in [0.2, 0.25) is 21.8 Å². The lowest BCUT2D eigenvalue weighted by Gasteiger charge is -2.37. The number of nitrogens with two attached hydrogens (primary N) is 2. The SMILES string of the molecule is CCOC(=O)NC(=O)NCc1ccc(CN([C@@H](CCCN=C(N)N)C(=O)NC(=O)C(c2ccccc2)c2ccccc2)S(=O)(=O)c2c(C)c(C)c3c(c2C)CCC(C)(C)O3)cc1. The minimum Gasteiger partial charge on any atom is -0.487 e. The number of alkyl carbamates (subject to hydrolysis) is 1. The number of hydrogen-bond donors (Lipinski definition) is 5. The van der Waals surface area contributed by atoms with E-state index in [1.807, 2.05) is 32.9 Å². The lowest BCUT2D eigenvalue weighted by atomic mass is 9.88. The van der Waals surface area contributed by atoms with E-state index in [2.05, 4.69) is 20.9 Å². The molecule has 62 heavy (non-hydrogen) atoms. The summed E-state index contributed by atoms with van der Waals surface area (Å²) in [7, 11) is -4.54. The number of nitrogens with zero attached hydrogens (tertiary/aromatic N) is 2. The summed E-state index contributed by atoms with van der Waals surface area (Å²) < 4.78 is 43.4. The van der Waals surface area contributed by atoms with Crippen molar-refractivity contribution in [3.63, 3.8) is 0 Å². The summed E-state index contributed by atoms with van der Waals surface area (Å²) in [5, 5.41) is 7.26. The fraction of sp³-hybridized carbons (Fsp3) is 0.370. The van der Waals surface area contributed by atoms with Crippen molar-refractivity contribution in [1.29, 1.82) is 0 Å². The first kappa shape index (κ1) is 46.8. The van der Waals surface area contributed by atoms with E-state index in [1.54, 1.807) is 93.6 Å². The Morgan fingerprint density at radius 1 is 0.839 bits per heavy atom. The van der Waals surface area contributed by atoms with E-state index < -0.39 is 51.5 Å². The summed E-state index contributed by atoms with van der Waals surface area (Å²) >= 11 is 0. The number of carbonyl (C=O) groups excluding carboxylic acids is 4. The van der Waals surface area contributed by atoms with Gasteiger partial charge in [-0.2, -0.15) is 4.31 Å². The number of aliphatic imine (C=N–C) groups is 1. The molecule has 16 heteroatoms. The van der Waals surface area contributed by atoms with Crippen LogP contribution in [0.3, 0.4) is 0 Å². The van der Waals surface area contributed by atoms with Crippen LogP contribution in [0.5, 0.6) is 5.75 Å². The highest BCUT2D eigenvalue weighted by Crippen LogP contribution is 2.43. The molecule has 15 nitrogen and oxygen atoms in total. The Bertz CT molecular complexity index is 2350. The molecule has 5 amide bonds. The van der Waals surface area contributed by atoms with Crippen LogP contribution in [0.4, 0.5) is 9.59 Å². The molecule has 4 aromatic rings. The fourth-order valence-corrected chi connectivity index (χ4v) is 9.75. The molecule has 7 N–H and O–H groups in total. The van der Waals surface area contributed by atoms with Gasteiger partial charge in [-0.1, -0.05) is 84.9 Å². The number of imide groups is 2. The van der Waals surface area contributed by atoms with Gasteiger partial charge in [-0.05, 0) is 112 Å². The van der Waals surface area contributed by atoms with Crippen molar-refractivity contribution >= 4 is 39.9 Å². The second kappa shape index (κ2) is 20.5. The molecule has 0 aromatic heterocycles. The zero-order valence-electron chi connectivity index (χ0n) is 36.1. The van der Waals surface area contributed by atoms with Crippen LogP contribution < -0.4 is 32.2 Å². The van der Waals surface area contributed by atoms with Crippen LogP contribution in [-0.2, 0) is 43.9 Å². The molecule has 1 heterocycles. The molecule has 0 spiro atoms. The molecule has 4 aromatic carbocycles. The molecule has 1 atom stereocenters. The highest BCUT2D eigenvalue weighted by Gasteiger charge is 2.41. The third kappa shape index (κ3) is 11.6. The molecule has 5 rings (SSSR count). The average molecular weight is 868 g/mol. The number of amides is 5. The number of ether oxygens (including phenoxy) is 2. The third-order valence-corrected chi connectivity index (χ3v) is 13.0. The second-order valence-electron chi connectivity index (χ2n) is 15.8. The molecule has 330 valence electrons. The Kier molecular flexibility index (Phi) is 15.5. The van der Waals surface area contributed by atoms with Crippen molar-refractivity contribution in [1.82, 2.24) is 20.3 Å². The largest absolute Gasteiger partial charge is 0.487 e. The monoisotopic (exact) mass is 867 g/mol. The van der Waals surface area contributed by atoms with Crippen molar-refractivity contribution in [2.75, 3.05) is 13.2 Å². The van der Waals surface area contributed by atoms with Crippen LogP contribution in [-0.4, -0.2) is 67.4 Å². The Balaban J connectivity index is 1.58. The number of guanidine groups is 1. The number of nitrogens with one attached hydrogen (secondary N) is 3. The van der Waals surface area contributed by atoms with Gasteiger partial charge in [0.15, 0.2) is 5.96 Å². The van der Waals surface area contributed by atoms with Gasteiger partial charge in [-0.25, -0.2) is 23.3 Å². The first-order chi connectivity index (χ1) is 29.4. The maximum Gasteiger partial charge on any atom is 0.415 e. The van der Waals surface area contributed by atoms with E-state index in [-0.39, 0.29) is 49.9 Å². The number of sulfonamides is 1. The van der Waals surface area contributed by atoms with Gasteiger partial charge in [0.05, 0.1) is 17.4 Å². The van der Waals surface area contributed by atoms with E-state index in [0.29, 0.717) is 57.5 Å². The van der Waals surface area contributed by atoms with Gasteiger partial charge in [-0.15, -0.1) is 0 Å². The predicted octanol–water partition coefficient (Wildman–Crippen LogP) is 5.76. The lowest BCUT2D eigenvalue weighted by Crippen LogP contribution is -2.51. The molecule has 0 saturated heterocycles. The number of hydrogen-bond acceptors (Lipinski definition) is 9. The molecule has 0 aliphatic carbocycles. The number of benzene rings is 4. The van der Waals surface area contributed by atoms with Crippen molar-refractivity contribution in [2.45, 2.75) is 103 Å². The minimum absolute atomic E-state index is 0.0428. The summed E-state index contributed by atoms with van der Waals surface area (Å²) in [6.07, 6.45) is 0.516. The summed E-state index contributed by atoms with van der Waals surface area (Å²) in [4.78, 5) is 57.2. The maximum atomic E-state index is 15.5. The topological polar surface area (TPSA) is 225 Å². The van der Waals surface area contributed by atoms with Crippen LogP contribution in [0.2, 0.25) is 0 Å². The Labute approximate surface area is 363 Å². The van der Waals surface area contributed by atoms with Gasteiger partial charge in [0, 0.05) is 19.6 Å². The zero-order chi connectivity index (χ0) is 45.2. The standard InChI is InChI=1S/C46H57N7O8S/c1-7-60-45(57)52-44(56)50-27-32-20-22-33(23-21-32)28-53(62(58,59)40-30(3)29(2)39-36(31(40)4)24-25-46(5,6)61-39)37(19-14-26-49-43(47)48)41(54)51-42(55)38(34-15-10-8-11-16-34)35-17-12-9-13-18-35/h8-13,15-18,20-23,37-38H,7,14,19,24-28H2,1-6H3,(H4,47,48,49)(H,51,54,55)(H2,50,52,56,57)/t37-/m0/s1. The molecule has 1 aliphatic heterocycles. The fourth-order valence-electron chi connectivity index (χ4n) is 7.61. The molecular weight excluding hydrogens is 811 g/mol. The van der Waals surface area contributed by atoms with E-state index >= 15 is 8.42 Å². The highest BCUT2D eigenvalue weighted by atomic mass is 32.2. The van der Waals surface area contributed by atoms with Crippen molar-refractivity contribution in [3.8, 4) is 5.75 Å². The summed E-state index contributed by atoms with van der Waals surface area (Å²) in [5.41, 5.74) is 15.7. The van der Waals surface area contributed by atoms with Gasteiger partial charge >= 0.3 is 12.1 Å². The quantitative estimate of drug-likeness (QED) is 0.0520. The predicted molar refractivity (Wildman–Crippen MR) is 237 cm³/mol. The number of carbonyl (C=O) groups is 4. The number of rotatable bonds is 16. The Morgan fingerprint density at radius 3 is 2.02 bits per heavy atom. The van der Waals surface area contributed by atoms with Crippen molar-refractivity contribution < 1.29 is 37.1 Å². The van der Waals surface area contributed by atoms with E-state index in [9.17, 15) is 19.2 Å². The second-order valence-corrected chi connectivity index (χ2v) is 17.7. The maximum absolute atomic E-state index is 15.5. The average Bonchev–Trinajstić information content (AvgIpc) is 3.22. The highest BCUT2D eigenvalue weighted by molar-refractivity contribution is 7.89. The number of urea groups is 1. The molecule has 1 aliphatic rings. The normalized spacial score (nSPS) is 13.6. The lowest BCUT2D eigenvalue weighted by molar-refractivity contribution is -0.133. The number of fused-ring (bicyclic) bond motifs is 1. The van der Waals surface area contributed by atoms with Crippen molar-refractivity contribution in [2.24, 2.45) is 16.5 Å². The van der Waals surface area contributed by atoms with Gasteiger partial charge in [0.25, 0.3) is 0 Å². The molecule has 0 radical (unpaired) electrons. The van der Waals surface area contributed by atoms with Crippen LogP contribution in [0.1, 0.15) is 90.5 Å². The minimum atomic E-state index is -4.54. The van der Waals surface area contributed by atoms with E-state index in [1.165, 1.54) is 0 Å². The first-order valence-corrected chi connectivity index (χ1v) is 22.0. The van der Waals surface area contributed by atoms with Gasteiger partial charge < -0.3 is 26.3 Å². The third-order valence-electron chi connectivity index (χ3n) is 10.9. The Hall–Kier alpha value is -6.26. The summed E-state index contributed by atoms with van der Waals surface area (Å²) in [5.74, 6) is -1.82. The van der Waals surface area contributed by atoms with Crippen LogP contribution in [0.25, 0.3) is 0 Å². The Morgan fingerprint density at radius 2 is 1.44 bits per heavy atom. The van der Waals surface area contributed by atoms with Crippen molar-refractivity contribution in [3.05, 3.63) is 129 Å². The van der Waals surface area contributed by atoms with E-state index in [0.717, 1.165) is 9.87 Å². The van der Waals surface area contributed by atoms with Gasteiger partial charge in [-0.3, -0.25) is 19.9 Å². The van der Waals surface area contributed by atoms with Crippen LogP contribution >= 0.6 is 0 Å². The van der Waals surface area contributed by atoms with E-state index in [4.69, 9.17) is 20.9 Å². The summed E-state index contributed by atoms with van der Waals surface area (Å²) in [6.45, 7) is 10.9. The molecular formula is C46H57N7O8S. The molecule has 0 saturated carbocycles. The smallest absolute Gasteiger partial charge is 0.415 e. The molecule has 0 bridgehead atoms. The van der Waals surface area contributed by atoms with Gasteiger partial charge in [0.1, 0.15) is 17.4 Å². The zero-order valence-corrected chi connectivity index (χ0v) is 36.9. The molecule has 0 unspecified atom stereocenters. The first-order valence-electron chi connectivity index (χ1n) is 20.6. The summed E-state index contributed by atoms with van der Waals surface area (Å²) in [6, 6.07) is 22.7. The van der Waals surface area contributed by atoms with Crippen LogP contribution in [0, 0.1) is 20.8 Å².